The van der Waals surface area contributed by atoms with Gasteiger partial charge < -0.3 is 15.6 Å². The lowest BCUT2D eigenvalue weighted by molar-refractivity contribution is -0.137. The molecule has 5 nitrogen and oxygen atoms in total. The molecule has 0 aromatic rings. The number of carboxylic acids is 1. The third-order valence-corrected chi connectivity index (χ3v) is 3.79. The monoisotopic (exact) mass is 248 g/mol. The van der Waals surface area contributed by atoms with Gasteiger partial charge in [0, 0.05) is 24.6 Å². The molecule has 0 amide bonds. The number of carboxylic acid groups (broad SMARTS) is 1. The number of hydrogen-bond acceptors (Lipinski definition) is 5. The number of nitrogens with two attached hydrogens (primary N) is 1. The molecule has 1 unspecified atom stereocenters. The van der Waals surface area contributed by atoms with E-state index in [-0.39, 0.29) is 6.10 Å². The molecule has 6 heteroatoms. The summed E-state index contributed by atoms with van der Waals surface area (Å²) in [5.41, 5.74) is 5.41. The van der Waals surface area contributed by atoms with Crippen LogP contribution in [-0.2, 0) is 9.53 Å². The Balaban J connectivity index is 2.15. The van der Waals surface area contributed by atoms with Gasteiger partial charge in [-0.25, -0.2) is 0 Å². The maximum atomic E-state index is 10.5. The molecule has 0 spiro atoms. The van der Waals surface area contributed by atoms with Gasteiger partial charge in [0.1, 0.15) is 6.04 Å². The van der Waals surface area contributed by atoms with Crippen molar-refractivity contribution in [2.45, 2.75) is 19.1 Å². The molecule has 0 aromatic heterocycles. The number of carbonyl (C=O) groups is 1. The highest BCUT2D eigenvalue weighted by Crippen LogP contribution is 2.12. The third kappa shape index (κ3) is 4.69. The van der Waals surface area contributed by atoms with Crippen LogP contribution in [0.3, 0.4) is 0 Å². The standard InChI is InChI=1S/C10H20N2O3S/c1-2-12-3-4-15-8(5-12)6-16-7-9(11)10(13)14/h8-9H,2-7,11H2,1H3,(H,13,14)/t8?,9-/m1/s1. The second-order valence-corrected chi connectivity index (χ2v) is 4.94. The topological polar surface area (TPSA) is 75.8 Å². The Morgan fingerprint density at radius 1 is 1.75 bits per heavy atom. The Kier molecular flexibility index (Phi) is 6.12. The quantitative estimate of drug-likeness (QED) is 0.681. The first-order valence-electron chi connectivity index (χ1n) is 5.53. The summed E-state index contributed by atoms with van der Waals surface area (Å²) in [6.07, 6.45) is 0.208. The van der Waals surface area contributed by atoms with Gasteiger partial charge in [-0.3, -0.25) is 9.69 Å². The largest absolute Gasteiger partial charge is 0.480 e. The first-order valence-corrected chi connectivity index (χ1v) is 6.69. The summed E-state index contributed by atoms with van der Waals surface area (Å²) in [4.78, 5) is 12.8. The molecule has 3 N–H and O–H groups in total. The highest BCUT2D eigenvalue weighted by molar-refractivity contribution is 7.99. The lowest BCUT2D eigenvalue weighted by Gasteiger charge is -2.31. The summed E-state index contributed by atoms with van der Waals surface area (Å²) >= 11 is 1.55. The molecule has 2 atom stereocenters. The predicted molar refractivity (Wildman–Crippen MR) is 64.8 cm³/mol. The number of morpholine rings is 1. The molecule has 1 saturated heterocycles. The van der Waals surface area contributed by atoms with E-state index >= 15 is 0 Å². The Morgan fingerprint density at radius 2 is 2.50 bits per heavy atom. The molecule has 1 aliphatic rings. The van der Waals surface area contributed by atoms with Crippen LogP contribution >= 0.6 is 11.8 Å². The molecule has 1 rings (SSSR count). The number of rotatable bonds is 6. The summed E-state index contributed by atoms with van der Waals surface area (Å²) in [7, 11) is 0. The highest BCUT2D eigenvalue weighted by atomic mass is 32.2. The van der Waals surface area contributed by atoms with E-state index in [1.807, 2.05) is 0 Å². The number of nitrogens with zero attached hydrogens (tertiary/aromatic N) is 1. The van der Waals surface area contributed by atoms with Gasteiger partial charge in [0.25, 0.3) is 0 Å². The Bertz CT molecular complexity index is 228. The minimum absolute atomic E-state index is 0.208. The van der Waals surface area contributed by atoms with E-state index in [0.29, 0.717) is 5.75 Å². The second kappa shape index (κ2) is 7.11. The molecule has 94 valence electrons. The van der Waals surface area contributed by atoms with Gasteiger partial charge in [-0.2, -0.15) is 11.8 Å². The van der Waals surface area contributed by atoms with E-state index in [1.54, 1.807) is 11.8 Å². The van der Waals surface area contributed by atoms with Crippen LogP contribution in [0, 0.1) is 0 Å². The fourth-order valence-electron chi connectivity index (χ4n) is 1.57. The van der Waals surface area contributed by atoms with Crippen molar-refractivity contribution >= 4 is 17.7 Å². The van der Waals surface area contributed by atoms with E-state index in [0.717, 1.165) is 32.0 Å². The molecule has 0 radical (unpaired) electrons. The van der Waals surface area contributed by atoms with Crippen molar-refractivity contribution in [2.24, 2.45) is 5.73 Å². The average molecular weight is 248 g/mol. The predicted octanol–water partition coefficient (Wildman–Crippen LogP) is -0.148. The Labute approximate surface area is 100 Å². The minimum atomic E-state index is -0.938. The van der Waals surface area contributed by atoms with Crippen LogP contribution in [0.1, 0.15) is 6.92 Å². The second-order valence-electron chi connectivity index (χ2n) is 3.87. The van der Waals surface area contributed by atoms with Gasteiger partial charge >= 0.3 is 5.97 Å². The number of likely N-dealkylation sites (N-methyl/N-ethyl adjacent to an activating group) is 1. The van der Waals surface area contributed by atoms with Crippen molar-refractivity contribution in [1.29, 1.82) is 0 Å². The molecule has 0 aliphatic carbocycles. The van der Waals surface area contributed by atoms with E-state index in [2.05, 4.69) is 11.8 Å². The van der Waals surface area contributed by atoms with Crippen molar-refractivity contribution in [3.8, 4) is 0 Å². The number of ether oxygens (including phenoxy) is 1. The van der Waals surface area contributed by atoms with Gasteiger partial charge in [0.2, 0.25) is 0 Å². The molecule has 0 aromatic carbocycles. The first-order chi connectivity index (χ1) is 7.63. The normalized spacial score (nSPS) is 24.2. The highest BCUT2D eigenvalue weighted by Gasteiger charge is 2.20. The van der Waals surface area contributed by atoms with Crippen molar-refractivity contribution < 1.29 is 14.6 Å². The maximum Gasteiger partial charge on any atom is 0.321 e. The molecule has 0 saturated carbocycles. The molecule has 1 heterocycles. The zero-order valence-corrected chi connectivity index (χ0v) is 10.4. The molecular weight excluding hydrogens is 228 g/mol. The number of hydrogen-bond donors (Lipinski definition) is 2. The fraction of sp³-hybridized carbons (Fsp3) is 0.900. The SMILES string of the molecule is CCN1CCOC(CSC[C@@H](N)C(=O)O)C1. The third-order valence-electron chi connectivity index (χ3n) is 2.59. The summed E-state index contributed by atoms with van der Waals surface area (Å²) in [6, 6.07) is -0.768. The number of aliphatic carboxylic acids is 1. The molecular formula is C10H20N2O3S. The van der Waals surface area contributed by atoms with Crippen LogP contribution in [0.25, 0.3) is 0 Å². The van der Waals surface area contributed by atoms with Crippen LogP contribution < -0.4 is 5.73 Å². The molecule has 1 fully saturated rings. The van der Waals surface area contributed by atoms with E-state index < -0.39 is 12.0 Å². The Hall–Kier alpha value is -0.300. The lowest BCUT2D eigenvalue weighted by atomic mass is 10.3. The van der Waals surface area contributed by atoms with Gasteiger partial charge in [-0.15, -0.1) is 0 Å². The van der Waals surface area contributed by atoms with Gasteiger partial charge in [-0.05, 0) is 6.54 Å². The zero-order chi connectivity index (χ0) is 12.0. The van der Waals surface area contributed by atoms with Crippen molar-refractivity contribution in [3.05, 3.63) is 0 Å². The number of thioether (sulfide) groups is 1. The summed E-state index contributed by atoms with van der Waals surface area (Å²) in [6.45, 7) is 5.87. The molecule has 1 aliphatic heterocycles. The maximum absolute atomic E-state index is 10.5. The Morgan fingerprint density at radius 3 is 3.12 bits per heavy atom. The van der Waals surface area contributed by atoms with Gasteiger partial charge in [-0.1, -0.05) is 6.92 Å². The molecule has 16 heavy (non-hydrogen) atoms. The zero-order valence-electron chi connectivity index (χ0n) is 9.59. The lowest BCUT2D eigenvalue weighted by Crippen LogP contribution is -2.43. The minimum Gasteiger partial charge on any atom is -0.480 e. The summed E-state index contributed by atoms with van der Waals surface area (Å²) in [5, 5.41) is 8.62. The van der Waals surface area contributed by atoms with E-state index in [1.165, 1.54) is 0 Å². The summed E-state index contributed by atoms with van der Waals surface area (Å²) in [5.74, 6) is 0.325. The van der Waals surface area contributed by atoms with E-state index in [4.69, 9.17) is 15.6 Å². The smallest absolute Gasteiger partial charge is 0.321 e. The van der Waals surface area contributed by atoms with Crippen LogP contribution in [-0.4, -0.2) is 65.9 Å². The average Bonchev–Trinajstić information content (AvgIpc) is 2.29. The van der Waals surface area contributed by atoms with Crippen LogP contribution in [0.15, 0.2) is 0 Å². The van der Waals surface area contributed by atoms with Crippen molar-refractivity contribution in [3.63, 3.8) is 0 Å². The summed E-state index contributed by atoms with van der Waals surface area (Å²) < 4.78 is 5.60. The van der Waals surface area contributed by atoms with E-state index in [9.17, 15) is 4.79 Å². The van der Waals surface area contributed by atoms with Crippen molar-refractivity contribution in [2.75, 3.05) is 37.7 Å². The fourth-order valence-corrected chi connectivity index (χ4v) is 2.56. The van der Waals surface area contributed by atoms with Gasteiger partial charge in [0.15, 0.2) is 0 Å². The van der Waals surface area contributed by atoms with Gasteiger partial charge in [0.05, 0.1) is 12.7 Å². The van der Waals surface area contributed by atoms with Crippen molar-refractivity contribution in [1.82, 2.24) is 4.90 Å². The van der Waals surface area contributed by atoms with Crippen LogP contribution in [0.4, 0.5) is 0 Å². The van der Waals surface area contributed by atoms with Crippen LogP contribution in [0.2, 0.25) is 0 Å². The van der Waals surface area contributed by atoms with Crippen LogP contribution in [0.5, 0.6) is 0 Å². The first kappa shape index (κ1) is 13.8. The molecule has 0 bridgehead atoms.